The first-order valence-corrected chi connectivity index (χ1v) is 10.2. The third-order valence-corrected chi connectivity index (χ3v) is 6.63. The van der Waals surface area contributed by atoms with E-state index >= 15 is 0 Å². The molecule has 2 aromatic rings. The number of hydrogen-bond donors (Lipinski definition) is 0. The van der Waals surface area contributed by atoms with E-state index in [1.807, 2.05) is 36.7 Å². The van der Waals surface area contributed by atoms with Crippen molar-refractivity contribution in [3.8, 4) is 11.5 Å². The molecule has 3 aliphatic rings. The van der Waals surface area contributed by atoms with Crippen LogP contribution < -0.4 is 14.4 Å². The fourth-order valence-electron chi connectivity index (χ4n) is 5.25. The normalized spacial score (nSPS) is 27.1. The van der Waals surface area contributed by atoms with Gasteiger partial charge in [0, 0.05) is 0 Å². The minimum Gasteiger partial charge on any atom is -0.493 e. The van der Waals surface area contributed by atoms with Crippen molar-refractivity contribution < 1.29 is 23.8 Å². The number of carbonyl (C=O) groups is 2. The second-order valence-corrected chi connectivity index (χ2v) is 8.22. The number of ether oxygens (including phenoxy) is 3. The van der Waals surface area contributed by atoms with Crippen molar-refractivity contribution in [3.63, 3.8) is 0 Å². The summed E-state index contributed by atoms with van der Waals surface area (Å²) in [5.41, 5.74) is 3.05. The third kappa shape index (κ3) is 2.59. The molecule has 4 heterocycles. The van der Waals surface area contributed by atoms with Gasteiger partial charge in [-0.3, -0.25) is 14.3 Å². The molecule has 0 N–H and O–H groups in total. The molecule has 4 atom stereocenters. The zero-order chi connectivity index (χ0) is 21.2. The molecule has 8 heteroatoms. The number of anilines is 1. The third-order valence-electron chi connectivity index (χ3n) is 6.63. The molecule has 1 aromatic carbocycles. The summed E-state index contributed by atoms with van der Waals surface area (Å²) in [4.78, 5) is 27.7. The number of nitrogens with zero attached hydrogens (tertiary/aromatic N) is 3. The van der Waals surface area contributed by atoms with Gasteiger partial charge in [0.25, 0.3) is 0 Å². The number of amides is 2. The van der Waals surface area contributed by atoms with Gasteiger partial charge in [0.05, 0.1) is 61.9 Å². The maximum atomic E-state index is 13.2. The van der Waals surface area contributed by atoms with Gasteiger partial charge < -0.3 is 14.2 Å². The van der Waals surface area contributed by atoms with Crippen LogP contribution >= 0.6 is 0 Å². The van der Waals surface area contributed by atoms with Gasteiger partial charge in [0.1, 0.15) is 0 Å². The smallest absolute Gasteiger partial charge is 0.240 e. The van der Waals surface area contributed by atoms with Crippen LogP contribution in [0.1, 0.15) is 29.8 Å². The molecule has 5 rings (SSSR count). The zero-order valence-corrected chi connectivity index (χ0v) is 17.5. The van der Waals surface area contributed by atoms with Gasteiger partial charge in [-0.25, -0.2) is 4.90 Å². The number of fused-ring (bicyclic) bond motifs is 5. The molecule has 158 valence electrons. The van der Waals surface area contributed by atoms with Crippen LogP contribution in [-0.2, 0) is 20.9 Å². The van der Waals surface area contributed by atoms with E-state index in [0.717, 1.165) is 24.1 Å². The Kier molecular flexibility index (Phi) is 4.36. The second kappa shape index (κ2) is 6.84. The molecule has 3 saturated heterocycles. The summed E-state index contributed by atoms with van der Waals surface area (Å²) in [5, 5.41) is 4.63. The van der Waals surface area contributed by atoms with Crippen molar-refractivity contribution in [2.75, 3.05) is 19.1 Å². The largest absolute Gasteiger partial charge is 0.493 e. The highest BCUT2D eigenvalue weighted by atomic mass is 16.5. The Morgan fingerprint density at radius 3 is 2.27 bits per heavy atom. The molecule has 0 saturated carbocycles. The van der Waals surface area contributed by atoms with Gasteiger partial charge in [0.15, 0.2) is 11.5 Å². The molecule has 0 aliphatic carbocycles. The summed E-state index contributed by atoms with van der Waals surface area (Å²) in [6.07, 6.45) is 1.47. The van der Waals surface area contributed by atoms with Crippen molar-refractivity contribution in [2.45, 2.75) is 45.4 Å². The average molecular weight is 411 g/mol. The van der Waals surface area contributed by atoms with Gasteiger partial charge in [-0.15, -0.1) is 0 Å². The zero-order valence-electron chi connectivity index (χ0n) is 17.5. The molecule has 2 amide bonds. The number of imide groups is 1. The first kappa shape index (κ1) is 19.1. The predicted molar refractivity (Wildman–Crippen MR) is 108 cm³/mol. The van der Waals surface area contributed by atoms with Crippen LogP contribution in [0.5, 0.6) is 11.5 Å². The maximum Gasteiger partial charge on any atom is 0.240 e. The minimum atomic E-state index is -0.343. The summed E-state index contributed by atoms with van der Waals surface area (Å²) in [7, 11) is 3.20. The predicted octanol–water partition coefficient (Wildman–Crippen LogP) is 2.23. The van der Waals surface area contributed by atoms with Gasteiger partial charge >= 0.3 is 0 Å². The van der Waals surface area contributed by atoms with Crippen molar-refractivity contribution in [1.29, 1.82) is 0 Å². The lowest BCUT2D eigenvalue weighted by atomic mass is 9.81. The van der Waals surface area contributed by atoms with E-state index in [9.17, 15) is 9.59 Å². The average Bonchev–Trinajstić information content (AvgIpc) is 3.47. The Labute approximate surface area is 174 Å². The van der Waals surface area contributed by atoms with Crippen LogP contribution in [0, 0.1) is 25.7 Å². The molecule has 3 fully saturated rings. The molecule has 0 radical (unpaired) electrons. The summed E-state index contributed by atoms with van der Waals surface area (Å²) in [6.45, 7) is 4.23. The van der Waals surface area contributed by atoms with E-state index in [1.165, 1.54) is 4.90 Å². The monoisotopic (exact) mass is 411 g/mol. The van der Waals surface area contributed by atoms with Gasteiger partial charge in [0.2, 0.25) is 11.8 Å². The summed E-state index contributed by atoms with van der Waals surface area (Å²) < 4.78 is 18.3. The first-order valence-electron chi connectivity index (χ1n) is 10.2. The molecule has 3 aliphatic heterocycles. The van der Waals surface area contributed by atoms with Crippen molar-refractivity contribution >= 4 is 17.5 Å². The van der Waals surface area contributed by atoms with Crippen LogP contribution in [0.3, 0.4) is 0 Å². The van der Waals surface area contributed by atoms with E-state index in [1.54, 1.807) is 14.2 Å². The van der Waals surface area contributed by atoms with Crippen molar-refractivity contribution in [2.24, 2.45) is 11.8 Å². The highest BCUT2D eigenvalue weighted by Gasteiger charge is 2.63. The SMILES string of the molecule is COc1ccc(Cn2nc(C)c(N3C(=O)[C@@H]4[C@@H](C3=O)[C@@H]3CC[C@@H]4O3)c2C)cc1OC. The fraction of sp³-hybridized carbons (Fsp3) is 0.500. The number of aryl methyl sites for hydroxylation is 1. The topological polar surface area (TPSA) is 82.9 Å². The number of hydrogen-bond acceptors (Lipinski definition) is 6. The van der Waals surface area contributed by atoms with E-state index in [-0.39, 0.29) is 35.9 Å². The molecule has 0 spiro atoms. The molecular weight excluding hydrogens is 386 g/mol. The summed E-state index contributed by atoms with van der Waals surface area (Å²) >= 11 is 0. The number of carbonyl (C=O) groups excluding carboxylic acids is 2. The fourth-order valence-corrected chi connectivity index (χ4v) is 5.25. The van der Waals surface area contributed by atoms with Gasteiger partial charge in [-0.1, -0.05) is 6.07 Å². The molecule has 0 unspecified atom stereocenters. The van der Waals surface area contributed by atoms with Crippen LogP contribution in [0.15, 0.2) is 18.2 Å². The highest BCUT2D eigenvalue weighted by Crippen LogP contribution is 2.50. The van der Waals surface area contributed by atoms with E-state index in [4.69, 9.17) is 14.2 Å². The van der Waals surface area contributed by atoms with Gasteiger partial charge in [-0.2, -0.15) is 5.10 Å². The number of benzene rings is 1. The molecular formula is C22H25N3O5. The molecule has 1 aromatic heterocycles. The van der Waals surface area contributed by atoms with E-state index in [2.05, 4.69) is 5.10 Å². The Morgan fingerprint density at radius 1 is 1.03 bits per heavy atom. The van der Waals surface area contributed by atoms with Crippen LogP contribution in [0.4, 0.5) is 5.69 Å². The number of rotatable bonds is 5. The number of methoxy groups -OCH3 is 2. The summed E-state index contributed by atoms with van der Waals surface area (Å²) in [5.74, 6) is 0.327. The lowest BCUT2D eigenvalue weighted by Gasteiger charge is -2.18. The lowest BCUT2D eigenvalue weighted by Crippen LogP contribution is -2.35. The molecule has 2 bridgehead atoms. The molecule has 30 heavy (non-hydrogen) atoms. The van der Waals surface area contributed by atoms with E-state index < -0.39 is 0 Å². The Bertz CT molecular complexity index is 1020. The Hall–Kier alpha value is -2.87. The van der Waals surface area contributed by atoms with Crippen molar-refractivity contribution in [1.82, 2.24) is 9.78 Å². The minimum absolute atomic E-state index is 0.121. The maximum absolute atomic E-state index is 13.2. The van der Waals surface area contributed by atoms with E-state index in [0.29, 0.717) is 29.4 Å². The highest BCUT2D eigenvalue weighted by molar-refractivity contribution is 6.23. The first-order chi connectivity index (χ1) is 14.4. The Balaban J connectivity index is 1.46. The number of aromatic nitrogens is 2. The lowest BCUT2D eigenvalue weighted by molar-refractivity contribution is -0.124. The standard InChI is InChI=1S/C22H25N3O5/c1-11-20(25-21(26)18-15-7-8-16(30-15)19(18)22(25)27)12(2)24(23-11)10-13-5-6-14(28-3)17(9-13)29-4/h5-6,9,15-16,18-19H,7-8,10H2,1-4H3/t15-,16-,18-,19-/m0/s1. The van der Waals surface area contributed by atoms with Crippen LogP contribution in [0.25, 0.3) is 0 Å². The quantitative estimate of drug-likeness (QED) is 0.702. The summed E-state index contributed by atoms with van der Waals surface area (Å²) in [6, 6.07) is 5.70. The second-order valence-electron chi connectivity index (χ2n) is 8.22. The Morgan fingerprint density at radius 2 is 1.67 bits per heavy atom. The van der Waals surface area contributed by atoms with Crippen LogP contribution in [-0.4, -0.2) is 48.0 Å². The van der Waals surface area contributed by atoms with Crippen LogP contribution in [0.2, 0.25) is 0 Å². The van der Waals surface area contributed by atoms with Gasteiger partial charge in [-0.05, 0) is 44.4 Å². The van der Waals surface area contributed by atoms with Crippen molar-refractivity contribution in [3.05, 3.63) is 35.2 Å². The molecule has 8 nitrogen and oxygen atoms in total.